The van der Waals surface area contributed by atoms with Crippen molar-refractivity contribution in [2.24, 2.45) is 0 Å². The molecule has 0 amide bonds. The van der Waals surface area contributed by atoms with Crippen molar-refractivity contribution in [1.82, 2.24) is 10.3 Å². The number of aromatic nitrogens is 1. The number of rotatable bonds is 6. The molecule has 0 unspecified atom stereocenters. The van der Waals surface area contributed by atoms with Gasteiger partial charge in [0.2, 0.25) is 0 Å². The summed E-state index contributed by atoms with van der Waals surface area (Å²) >= 11 is 0. The Morgan fingerprint density at radius 1 is 1.50 bits per heavy atom. The molecule has 1 aliphatic rings. The summed E-state index contributed by atoms with van der Waals surface area (Å²) in [4.78, 5) is 4.09. The van der Waals surface area contributed by atoms with Gasteiger partial charge in [0.25, 0.3) is 0 Å². The minimum absolute atomic E-state index is 0.269. The Bertz CT molecular complexity index is 350. The van der Waals surface area contributed by atoms with E-state index in [0.29, 0.717) is 12.6 Å². The average molecular weight is 223 g/mol. The van der Waals surface area contributed by atoms with Crippen molar-refractivity contribution in [3.05, 3.63) is 23.6 Å². The summed E-state index contributed by atoms with van der Waals surface area (Å²) in [7, 11) is 0. The van der Waals surface area contributed by atoms with Crippen LogP contribution in [-0.4, -0.2) is 17.6 Å². The summed E-state index contributed by atoms with van der Waals surface area (Å²) in [5, 5.41) is 6.59. The molecule has 1 aromatic heterocycles. The number of nitrogens with one attached hydrogen (secondary N) is 2. The third-order valence-corrected chi connectivity index (χ3v) is 2.63. The minimum atomic E-state index is -0.269. The van der Waals surface area contributed by atoms with Crippen LogP contribution < -0.4 is 10.6 Å². The van der Waals surface area contributed by atoms with E-state index in [1.165, 1.54) is 19.0 Å². The maximum absolute atomic E-state index is 13.1. The summed E-state index contributed by atoms with van der Waals surface area (Å²) < 4.78 is 13.1. The first-order valence-electron chi connectivity index (χ1n) is 5.91. The molecule has 88 valence electrons. The van der Waals surface area contributed by atoms with Crippen molar-refractivity contribution in [3.8, 4) is 0 Å². The Balaban J connectivity index is 2.01. The molecule has 1 aliphatic carbocycles. The van der Waals surface area contributed by atoms with Gasteiger partial charge in [-0.05, 0) is 25.3 Å². The lowest BCUT2D eigenvalue weighted by atomic mass is 10.2. The van der Waals surface area contributed by atoms with Crippen LogP contribution in [0, 0.1) is 5.82 Å². The maximum Gasteiger partial charge on any atom is 0.141 e. The fourth-order valence-corrected chi connectivity index (χ4v) is 1.56. The van der Waals surface area contributed by atoms with Crippen LogP contribution in [0.25, 0.3) is 0 Å². The number of hydrogen-bond acceptors (Lipinski definition) is 3. The lowest BCUT2D eigenvalue weighted by Crippen LogP contribution is -2.17. The van der Waals surface area contributed by atoms with Crippen LogP contribution in [0.3, 0.4) is 0 Å². The van der Waals surface area contributed by atoms with E-state index in [1.54, 1.807) is 6.07 Å². The van der Waals surface area contributed by atoms with Crippen molar-refractivity contribution in [3.63, 3.8) is 0 Å². The summed E-state index contributed by atoms with van der Waals surface area (Å²) in [5.74, 6) is 0.533. The van der Waals surface area contributed by atoms with Crippen LogP contribution in [0.2, 0.25) is 0 Å². The van der Waals surface area contributed by atoms with Crippen molar-refractivity contribution in [1.29, 1.82) is 0 Å². The van der Waals surface area contributed by atoms with Crippen molar-refractivity contribution < 1.29 is 4.39 Å². The van der Waals surface area contributed by atoms with E-state index in [9.17, 15) is 4.39 Å². The van der Waals surface area contributed by atoms with Gasteiger partial charge in [-0.2, -0.15) is 0 Å². The van der Waals surface area contributed by atoms with Gasteiger partial charge in [-0.3, -0.25) is 0 Å². The molecule has 1 heterocycles. The average Bonchev–Trinajstić information content (AvgIpc) is 3.09. The predicted molar refractivity (Wildman–Crippen MR) is 62.8 cm³/mol. The fraction of sp³-hybridized carbons (Fsp3) is 0.583. The number of hydrogen-bond donors (Lipinski definition) is 2. The number of anilines is 1. The fourth-order valence-electron chi connectivity index (χ4n) is 1.56. The molecule has 0 aromatic carbocycles. The normalized spacial score (nSPS) is 15.1. The van der Waals surface area contributed by atoms with Crippen molar-refractivity contribution in [2.75, 3.05) is 11.9 Å². The van der Waals surface area contributed by atoms with E-state index in [0.717, 1.165) is 24.3 Å². The first-order valence-corrected chi connectivity index (χ1v) is 5.91. The van der Waals surface area contributed by atoms with E-state index in [-0.39, 0.29) is 5.82 Å². The van der Waals surface area contributed by atoms with Crippen LogP contribution in [0.15, 0.2) is 12.3 Å². The van der Waals surface area contributed by atoms with Crippen molar-refractivity contribution >= 4 is 5.82 Å². The van der Waals surface area contributed by atoms with E-state index in [2.05, 4.69) is 22.5 Å². The molecule has 0 radical (unpaired) electrons. The molecule has 1 fully saturated rings. The Morgan fingerprint density at radius 3 is 3.00 bits per heavy atom. The Labute approximate surface area is 95.5 Å². The summed E-state index contributed by atoms with van der Waals surface area (Å²) in [6.45, 7) is 3.66. The lowest BCUT2D eigenvalue weighted by Gasteiger charge is -2.10. The van der Waals surface area contributed by atoms with Gasteiger partial charge >= 0.3 is 0 Å². The summed E-state index contributed by atoms with van der Waals surface area (Å²) in [5.41, 5.74) is 0.917. The van der Waals surface area contributed by atoms with Crippen LogP contribution in [-0.2, 0) is 6.54 Å². The predicted octanol–water partition coefficient (Wildman–Crippen LogP) is 2.29. The highest BCUT2D eigenvalue weighted by Crippen LogP contribution is 2.21. The molecule has 3 nitrogen and oxygen atoms in total. The van der Waals surface area contributed by atoms with E-state index in [1.807, 2.05) is 0 Å². The van der Waals surface area contributed by atoms with Gasteiger partial charge in [0, 0.05) is 24.7 Å². The second kappa shape index (κ2) is 5.25. The molecule has 1 saturated carbocycles. The molecule has 0 bridgehead atoms. The van der Waals surface area contributed by atoms with Gasteiger partial charge in [0.15, 0.2) is 0 Å². The number of nitrogens with zero attached hydrogens (tertiary/aromatic N) is 1. The topological polar surface area (TPSA) is 37.0 Å². The molecule has 0 aliphatic heterocycles. The zero-order valence-electron chi connectivity index (χ0n) is 9.59. The Kier molecular flexibility index (Phi) is 3.72. The highest BCUT2D eigenvalue weighted by molar-refractivity contribution is 5.43. The second-order valence-electron chi connectivity index (χ2n) is 4.24. The van der Waals surface area contributed by atoms with Crippen molar-refractivity contribution in [2.45, 2.75) is 38.8 Å². The third-order valence-electron chi connectivity index (χ3n) is 2.63. The van der Waals surface area contributed by atoms with E-state index in [4.69, 9.17) is 0 Å². The molecule has 16 heavy (non-hydrogen) atoms. The van der Waals surface area contributed by atoms with E-state index < -0.39 is 0 Å². The lowest BCUT2D eigenvalue weighted by molar-refractivity contribution is 0.612. The first kappa shape index (κ1) is 11.3. The zero-order chi connectivity index (χ0) is 11.4. The highest BCUT2D eigenvalue weighted by atomic mass is 19.1. The van der Waals surface area contributed by atoms with Gasteiger partial charge in [-0.25, -0.2) is 9.37 Å². The minimum Gasteiger partial charge on any atom is -0.370 e. The van der Waals surface area contributed by atoms with Crippen LogP contribution in [0.5, 0.6) is 0 Å². The number of pyridine rings is 1. The van der Waals surface area contributed by atoms with Gasteiger partial charge < -0.3 is 10.6 Å². The highest BCUT2D eigenvalue weighted by Gasteiger charge is 2.20. The Hall–Kier alpha value is -1.16. The van der Waals surface area contributed by atoms with Crippen LogP contribution in [0.4, 0.5) is 10.2 Å². The maximum atomic E-state index is 13.1. The largest absolute Gasteiger partial charge is 0.370 e. The van der Waals surface area contributed by atoms with Gasteiger partial charge in [0.05, 0.1) is 6.20 Å². The quantitative estimate of drug-likeness (QED) is 0.777. The summed E-state index contributed by atoms with van der Waals surface area (Å²) in [6, 6.07) is 2.18. The molecule has 2 rings (SSSR count). The molecular weight excluding hydrogens is 205 g/mol. The number of halogens is 1. The molecular formula is C12H18FN3. The molecule has 1 aromatic rings. The standard InChI is InChI=1S/C12H18FN3/c1-2-5-14-12-9(6-10(13)8-16-12)7-15-11-3-4-11/h6,8,11,15H,2-5,7H2,1H3,(H,14,16). The second-order valence-corrected chi connectivity index (χ2v) is 4.24. The van der Waals surface area contributed by atoms with Crippen LogP contribution in [0.1, 0.15) is 31.7 Å². The van der Waals surface area contributed by atoms with E-state index >= 15 is 0 Å². The SMILES string of the molecule is CCCNc1ncc(F)cc1CNC1CC1. The third kappa shape index (κ3) is 3.17. The van der Waals surface area contributed by atoms with Gasteiger partial charge in [-0.15, -0.1) is 0 Å². The van der Waals surface area contributed by atoms with Gasteiger partial charge in [0.1, 0.15) is 11.6 Å². The summed E-state index contributed by atoms with van der Waals surface area (Å²) in [6.07, 6.45) is 4.77. The first-order chi connectivity index (χ1) is 7.79. The monoisotopic (exact) mass is 223 g/mol. The molecule has 0 saturated heterocycles. The molecule has 0 spiro atoms. The Morgan fingerprint density at radius 2 is 2.31 bits per heavy atom. The van der Waals surface area contributed by atoms with Crippen LogP contribution >= 0.6 is 0 Å². The molecule has 2 N–H and O–H groups in total. The molecule has 4 heteroatoms. The van der Waals surface area contributed by atoms with Gasteiger partial charge in [-0.1, -0.05) is 6.92 Å². The smallest absolute Gasteiger partial charge is 0.141 e. The molecule has 0 atom stereocenters. The zero-order valence-corrected chi connectivity index (χ0v) is 9.59.